The first-order valence-corrected chi connectivity index (χ1v) is 6.47. The first kappa shape index (κ1) is 13.1. The highest BCUT2D eigenvalue weighted by Crippen LogP contribution is 2.23. The molecule has 1 amide bonds. The van der Waals surface area contributed by atoms with Gasteiger partial charge in [-0.25, -0.2) is 9.50 Å². The SMILES string of the molecule is Cc1cc(C)n2ncc(C(=O)Nc3ccccc3O)c2n1. The van der Waals surface area contributed by atoms with Crippen molar-refractivity contribution in [2.45, 2.75) is 13.8 Å². The van der Waals surface area contributed by atoms with Gasteiger partial charge in [0.1, 0.15) is 11.3 Å². The molecule has 2 heterocycles. The van der Waals surface area contributed by atoms with E-state index < -0.39 is 0 Å². The molecule has 3 aromatic rings. The summed E-state index contributed by atoms with van der Waals surface area (Å²) in [5.74, 6) is -0.341. The Morgan fingerprint density at radius 1 is 1.29 bits per heavy atom. The zero-order valence-corrected chi connectivity index (χ0v) is 11.7. The summed E-state index contributed by atoms with van der Waals surface area (Å²) in [7, 11) is 0. The van der Waals surface area contributed by atoms with Gasteiger partial charge in [0.05, 0.1) is 11.9 Å². The molecular weight excluding hydrogens is 268 g/mol. The Labute approximate surface area is 121 Å². The number of aromatic hydroxyl groups is 1. The number of phenolic OH excluding ortho intramolecular Hbond substituents is 1. The number of benzene rings is 1. The van der Waals surface area contributed by atoms with E-state index in [1.54, 1.807) is 22.7 Å². The van der Waals surface area contributed by atoms with Crippen molar-refractivity contribution in [2.75, 3.05) is 5.32 Å². The van der Waals surface area contributed by atoms with Gasteiger partial charge in [-0.15, -0.1) is 0 Å². The highest BCUT2D eigenvalue weighted by Gasteiger charge is 2.16. The van der Waals surface area contributed by atoms with E-state index in [4.69, 9.17) is 0 Å². The maximum Gasteiger partial charge on any atom is 0.261 e. The molecule has 0 aliphatic heterocycles. The molecular formula is C15H14N4O2. The Balaban J connectivity index is 2.01. The van der Waals surface area contributed by atoms with E-state index in [-0.39, 0.29) is 11.7 Å². The zero-order chi connectivity index (χ0) is 15.0. The van der Waals surface area contributed by atoms with Gasteiger partial charge in [-0.2, -0.15) is 5.10 Å². The molecule has 0 radical (unpaired) electrons. The number of rotatable bonds is 2. The van der Waals surface area contributed by atoms with Crippen LogP contribution in [-0.4, -0.2) is 25.6 Å². The number of carbonyl (C=O) groups excluding carboxylic acids is 1. The number of para-hydroxylation sites is 2. The van der Waals surface area contributed by atoms with Crippen molar-refractivity contribution in [3.63, 3.8) is 0 Å². The minimum atomic E-state index is -0.357. The summed E-state index contributed by atoms with van der Waals surface area (Å²) in [5, 5.41) is 16.5. The van der Waals surface area contributed by atoms with Gasteiger partial charge >= 0.3 is 0 Å². The fraction of sp³-hybridized carbons (Fsp3) is 0.133. The number of hydrogen-bond acceptors (Lipinski definition) is 4. The van der Waals surface area contributed by atoms with Gasteiger partial charge in [-0.05, 0) is 32.0 Å². The number of aryl methyl sites for hydroxylation is 2. The molecule has 106 valence electrons. The summed E-state index contributed by atoms with van der Waals surface area (Å²) in [6, 6.07) is 8.46. The van der Waals surface area contributed by atoms with E-state index in [1.807, 2.05) is 19.9 Å². The lowest BCUT2D eigenvalue weighted by atomic mass is 10.2. The lowest BCUT2D eigenvalue weighted by molar-refractivity contribution is 0.102. The monoisotopic (exact) mass is 282 g/mol. The number of carbonyl (C=O) groups is 1. The highest BCUT2D eigenvalue weighted by atomic mass is 16.3. The predicted octanol–water partition coefficient (Wildman–Crippen LogP) is 2.30. The first-order chi connectivity index (χ1) is 10.1. The summed E-state index contributed by atoms with van der Waals surface area (Å²) >= 11 is 0. The minimum Gasteiger partial charge on any atom is -0.506 e. The number of fused-ring (bicyclic) bond motifs is 1. The number of phenols is 1. The Morgan fingerprint density at radius 3 is 2.81 bits per heavy atom. The molecule has 0 aliphatic carbocycles. The first-order valence-electron chi connectivity index (χ1n) is 6.47. The van der Waals surface area contributed by atoms with Crippen LogP contribution in [0.2, 0.25) is 0 Å². The molecule has 0 saturated heterocycles. The van der Waals surface area contributed by atoms with Crippen molar-refractivity contribution in [1.82, 2.24) is 14.6 Å². The normalized spacial score (nSPS) is 10.8. The molecule has 2 aromatic heterocycles. The van der Waals surface area contributed by atoms with E-state index in [2.05, 4.69) is 15.4 Å². The highest BCUT2D eigenvalue weighted by molar-refractivity contribution is 6.08. The molecule has 1 aromatic carbocycles. The molecule has 0 unspecified atom stereocenters. The average molecular weight is 282 g/mol. The quantitative estimate of drug-likeness (QED) is 0.707. The Bertz CT molecular complexity index is 839. The number of hydrogen-bond donors (Lipinski definition) is 2. The Kier molecular flexibility index (Phi) is 3.06. The lowest BCUT2D eigenvalue weighted by Crippen LogP contribution is -2.12. The summed E-state index contributed by atoms with van der Waals surface area (Å²) < 4.78 is 1.62. The molecule has 0 aliphatic rings. The minimum absolute atomic E-state index is 0.0163. The van der Waals surface area contributed by atoms with Crippen LogP contribution in [0.5, 0.6) is 5.75 Å². The van der Waals surface area contributed by atoms with Gasteiger partial charge in [-0.3, -0.25) is 4.79 Å². The Hall–Kier alpha value is -2.89. The molecule has 0 fully saturated rings. The van der Waals surface area contributed by atoms with Crippen molar-refractivity contribution in [3.8, 4) is 5.75 Å². The average Bonchev–Trinajstić information content (AvgIpc) is 2.85. The molecule has 0 saturated carbocycles. The van der Waals surface area contributed by atoms with E-state index >= 15 is 0 Å². The second-order valence-electron chi connectivity index (χ2n) is 4.80. The standard InChI is InChI=1S/C15H14N4O2/c1-9-7-10(2)19-14(17-9)11(8-16-19)15(21)18-12-5-3-4-6-13(12)20/h3-8,20H,1-2H3,(H,18,21). The summed E-state index contributed by atoms with van der Waals surface area (Å²) in [4.78, 5) is 16.7. The van der Waals surface area contributed by atoms with Crippen LogP contribution in [0.1, 0.15) is 21.7 Å². The van der Waals surface area contributed by atoms with Gasteiger partial charge in [-0.1, -0.05) is 12.1 Å². The van der Waals surface area contributed by atoms with Crippen molar-refractivity contribution in [1.29, 1.82) is 0 Å². The fourth-order valence-electron chi connectivity index (χ4n) is 2.20. The number of aromatic nitrogens is 3. The van der Waals surface area contributed by atoms with Crippen LogP contribution in [0.15, 0.2) is 36.5 Å². The number of nitrogens with one attached hydrogen (secondary N) is 1. The van der Waals surface area contributed by atoms with Gasteiger partial charge < -0.3 is 10.4 Å². The molecule has 0 spiro atoms. The summed E-state index contributed by atoms with van der Waals surface area (Å²) in [6.45, 7) is 3.77. The molecule has 0 atom stereocenters. The third kappa shape index (κ3) is 2.31. The smallest absolute Gasteiger partial charge is 0.261 e. The molecule has 2 N–H and O–H groups in total. The Morgan fingerprint density at radius 2 is 2.05 bits per heavy atom. The van der Waals surface area contributed by atoms with E-state index in [0.717, 1.165) is 11.4 Å². The van der Waals surface area contributed by atoms with E-state index in [0.29, 0.717) is 16.9 Å². The van der Waals surface area contributed by atoms with Gasteiger partial charge in [0, 0.05) is 11.4 Å². The summed E-state index contributed by atoms with van der Waals surface area (Å²) in [5.41, 5.74) is 2.94. The van der Waals surface area contributed by atoms with Crippen LogP contribution >= 0.6 is 0 Å². The molecule has 6 nitrogen and oxygen atoms in total. The van der Waals surface area contributed by atoms with E-state index in [9.17, 15) is 9.90 Å². The van der Waals surface area contributed by atoms with Gasteiger partial charge in [0.2, 0.25) is 0 Å². The second-order valence-corrected chi connectivity index (χ2v) is 4.80. The van der Waals surface area contributed by atoms with Crippen LogP contribution in [0.3, 0.4) is 0 Å². The predicted molar refractivity (Wildman–Crippen MR) is 78.5 cm³/mol. The van der Waals surface area contributed by atoms with Crippen LogP contribution in [0, 0.1) is 13.8 Å². The summed E-state index contributed by atoms with van der Waals surface area (Å²) in [6.07, 6.45) is 1.48. The third-order valence-electron chi connectivity index (χ3n) is 3.17. The number of nitrogens with zero attached hydrogens (tertiary/aromatic N) is 3. The van der Waals surface area contributed by atoms with E-state index in [1.165, 1.54) is 12.3 Å². The van der Waals surface area contributed by atoms with Crippen molar-refractivity contribution >= 4 is 17.2 Å². The molecule has 21 heavy (non-hydrogen) atoms. The second kappa shape index (κ2) is 4.90. The van der Waals surface area contributed by atoms with Crippen LogP contribution in [0.4, 0.5) is 5.69 Å². The maximum atomic E-state index is 12.3. The molecule has 3 rings (SSSR count). The number of anilines is 1. The molecule has 0 bridgehead atoms. The van der Waals surface area contributed by atoms with Crippen molar-refractivity contribution in [2.24, 2.45) is 0 Å². The van der Waals surface area contributed by atoms with Crippen LogP contribution in [-0.2, 0) is 0 Å². The largest absolute Gasteiger partial charge is 0.506 e. The van der Waals surface area contributed by atoms with Crippen molar-refractivity contribution < 1.29 is 9.90 Å². The third-order valence-corrected chi connectivity index (χ3v) is 3.17. The van der Waals surface area contributed by atoms with Crippen molar-refractivity contribution in [3.05, 3.63) is 53.5 Å². The van der Waals surface area contributed by atoms with Gasteiger partial charge in [0.15, 0.2) is 5.65 Å². The van der Waals surface area contributed by atoms with Gasteiger partial charge in [0.25, 0.3) is 5.91 Å². The maximum absolute atomic E-state index is 12.3. The lowest BCUT2D eigenvalue weighted by Gasteiger charge is -2.06. The number of amides is 1. The van der Waals surface area contributed by atoms with Crippen LogP contribution < -0.4 is 5.32 Å². The fourth-order valence-corrected chi connectivity index (χ4v) is 2.20. The molecule has 6 heteroatoms. The van der Waals surface area contributed by atoms with Crippen LogP contribution in [0.25, 0.3) is 5.65 Å². The topological polar surface area (TPSA) is 79.5 Å². The zero-order valence-electron chi connectivity index (χ0n) is 11.7.